The lowest BCUT2D eigenvalue weighted by Crippen LogP contribution is -2.20. The first-order valence-electron chi connectivity index (χ1n) is 6.58. The normalized spacial score (nSPS) is 17.5. The molecule has 1 aliphatic rings. The van der Waals surface area contributed by atoms with E-state index in [4.69, 9.17) is 4.74 Å². The molecule has 5 heteroatoms. The van der Waals surface area contributed by atoms with Gasteiger partial charge in [-0.3, -0.25) is 0 Å². The van der Waals surface area contributed by atoms with E-state index in [1.165, 1.54) is 5.56 Å². The number of aromatic nitrogens is 2. The molecule has 20 heavy (non-hydrogen) atoms. The van der Waals surface area contributed by atoms with Gasteiger partial charge >= 0.3 is 0 Å². The third-order valence-electron chi connectivity index (χ3n) is 3.51. The van der Waals surface area contributed by atoms with Gasteiger partial charge in [0.05, 0.1) is 22.9 Å². The molecular formula is C15H13N3OS. The Morgan fingerprint density at radius 3 is 3.15 bits per heavy atom. The van der Waals surface area contributed by atoms with Crippen LogP contribution >= 0.6 is 11.3 Å². The number of hydrogen-bond acceptors (Lipinski definition) is 5. The van der Waals surface area contributed by atoms with E-state index in [-0.39, 0.29) is 6.04 Å². The molecule has 1 unspecified atom stereocenters. The maximum Gasteiger partial charge on any atom is 0.147 e. The van der Waals surface area contributed by atoms with E-state index in [0.717, 1.165) is 34.8 Å². The van der Waals surface area contributed by atoms with Crippen molar-refractivity contribution in [1.82, 2.24) is 9.97 Å². The molecule has 4 nitrogen and oxygen atoms in total. The fourth-order valence-corrected chi connectivity index (χ4v) is 3.35. The number of nitrogens with zero attached hydrogens (tertiary/aromatic N) is 2. The lowest BCUT2D eigenvalue weighted by molar-refractivity contribution is 0.274. The zero-order valence-corrected chi connectivity index (χ0v) is 11.6. The first kappa shape index (κ1) is 11.7. The zero-order valence-electron chi connectivity index (χ0n) is 10.7. The van der Waals surface area contributed by atoms with Crippen molar-refractivity contribution in [2.24, 2.45) is 0 Å². The highest BCUT2D eigenvalue weighted by atomic mass is 32.1. The first-order chi connectivity index (χ1) is 9.92. The third-order valence-corrected chi connectivity index (χ3v) is 4.42. The standard InChI is InChI=1S/C15H13N3OS/c1-2-4-13-10(3-1)11(5-7-19-13)18-15-14-12(6-8-20-14)16-9-17-15/h1-4,6,8-9,11H,5,7H2,(H,16,17,18). The van der Waals surface area contributed by atoms with Crippen molar-refractivity contribution in [2.45, 2.75) is 12.5 Å². The van der Waals surface area contributed by atoms with Gasteiger partial charge in [-0.05, 0) is 17.5 Å². The van der Waals surface area contributed by atoms with Crippen LogP contribution in [-0.2, 0) is 0 Å². The van der Waals surface area contributed by atoms with E-state index in [0.29, 0.717) is 0 Å². The largest absolute Gasteiger partial charge is 0.493 e. The van der Waals surface area contributed by atoms with Gasteiger partial charge in [0.25, 0.3) is 0 Å². The van der Waals surface area contributed by atoms with Crippen molar-refractivity contribution in [1.29, 1.82) is 0 Å². The number of nitrogens with one attached hydrogen (secondary N) is 1. The summed E-state index contributed by atoms with van der Waals surface area (Å²) >= 11 is 1.67. The van der Waals surface area contributed by atoms with E-state index in [9.17, 15) is 0 Å². The Hall–Kier alpha value is -2.14. The Morgan fingerprint density at radius 2 is 2.15 bits per heavy atom. The maximum atomic E-state index is 5.69. The number of fused-ring (bicyclic) bond motifs is 2. The number of thiophene rings is 1. The molecule has 0 bridgehead atoms. The molecule has 2 aromatic heterocycles. The summed E-state index contributed by atoms with van der Waals surface area (Å²) in [5.74, 6) is 1.87. The minimum absolute atomic E-state index is 0.236. The fourth-order valence-electron chi connectivity index (χ4n) is 2.55. The summed E-state index contributed by atoms with van der Waals surface area (Å²) in [6, 6.07) is 10.4. The Bertz CT molecular complexity index is 755. The van der Waals surface area contributed by atoms with Crippen LogP contribution in [0.1, 0.15) is 18.0 Å². The number of para-hydroxylation sites is 1. The van der Waals surface area contributed by atoms with Crippen molar-refractivity contribution in [2.75, 3.05) is 11.9 Å². The van der Waals surface area contributed by atoms with Crippen LogP contribution in [0.5, 0.6) is 5.75 Å². The van der Waals surface area contributed by atoms with Crippen molar-refractivity contribution < 1.29 is 4.74 Å². The highest BCUT2D eigenvalue weighted by Crippen LogP contribution is 2.35. The van der Waals surface area contributed by atoms with Crippen LogP contribution in [0.3, 0.4) is 0 Å². The van der Waals surface area contributed by atoms with Gasteiger partial charge in [0.2, 0.25) is 0 Å². The molecule has 1 aliphatic heterocycles. The SMILES string of the molecule is c1ccc2c(c1)OCCC2Nc1ncnc2ccsc12. The minimum atomic E-state index is 0.236. The predicted octanol–water partition coefficient (Wildman–Crippen LogP) is 3.63. The number of benzene rings is 1. The third kappa shape index (κ3) is 1.91. The van der Waals surface area contributed by atoms with E-state index in [1.807, 2.05) is 29.6 Å². The molecule has 0 aliphatic carbocycles. The summed E-state index contributed by atoms with van der Waals surface area (Å²) in [5.41, 5.74) is 2.19. The van der Waals surface area contributed by atoms with Gasteiger partial charge in [-0.15, -0.1) is 11.3 Å². The highest BCUT2D eigenvalue weighted by Gasteiger charge is 2.22. The minimum Gasteiger partial charge on any atom is -0.493 e. The van der Waals surface area contributed by atoms with Crippen LogP contribution in [0, 0.1) is 0 Å². The molecule has 3 heterocycles. The van der Waals surface area contributed by atoms with Crippen LogP contribution in [0.2, 0.25) is 0 Å². The zero-order chi connectivity index (χ0) is 13.4. The Balaban J connectivity index is 1.72. The van der Waals surface area contributed by atoms with Crippen molar-refractivity contribution >= 4 is 27.4 Å². The number of rotatable bonds is 2. The Morgan fingerprint density at radius 1 is 1.20 bits per heavy atom. The Labute approximate surface area is 120 Å². The summed E-state index contributed by atoms with van der Waals surface area (Å²) in [6.45, 7) is 0.730. The van der Waals surface area contributed by atoms with Crippen LogP contribution < -0.4 is 10.1 Å². The average Bonchev–Trinajstić information content (AvgIpc) is 2.97. The molecule has 0 amide bonds. The fraction of sp³-hybridized carbons (Fsp3) is 0.200. The Kier molecular flexibility index (Phi) is 2.77. The van der Waals surface area contributed by atoms with Crippen LogP contribution in [0.4, 0.5) is 5.82 Å². The first-order valence-corrected chi connectivity index (χ1v) is 7.46. The summed E-state index contributed by atoms with van der Waals surface area (Å²) in [5, 5.41) is 5.59. The highest BCUT2D eigenvalue weighted by molar-refractivity contribution is 7.17. The van der Waals surface area contributed by atoms with E-state index < -0.39 is 0 Å². The van der Waals surface area contributed by atoms with Gasteiger partial charge in [0.15, 0.2) is 0 Å². The van der Waals surface area contributed by atoms with Crippen molar-refractivity contribution in [3.05, 3.63) is 47.6 Å². The van der Waals surface area contributed by atoms with Gasteiger partial charge < -0.3 is 10.1 Å². The molecule has 0 saturated carbocycles. The molecule has 0 saturated heterocycles. The molecule has 3 aromatic rings. The summed E-state index contributed by atoms with van der Waals surface area (Å²) in [6.07, 6.45) is 2.55. The molecule has 1 N–H and O–H groups in total. The lowest BCUT2D eigenvalue weighted by Gasteiger charge is -2.27. The number of hydrogen-bond donors (Lipinski definition) is 1. The smallest absolute Gasteiger partial charge is 0.147 e. The quantitative estimate of drug-likeness (QED) is 0.780. The van der Waals surface area contributed by atoms with E-state index in [1.54, 1.807) is 17.7 Å². The second-order valence-corrected chi connectivity index (χ2v) is 5.65. The molecule has 1 aromatic carbocycles. The molecule has 100 valence electrons. The molecule has 4 rings (SSSR count). The van der Waals surface area contributed by atoms with Gasteiger partial charge in [-0.1, -0.05) is 18.2 Å². The molecule has 0 fully saturated rings. The average molecular weight is 283 g/mol. The van der Waals surface area contributed by atoms with Gasteiger partial charge in [0, 0.05) is 12.0 Å². The second-order valence-electron chi connectivity index (χ2n) is 4.73. The summed E-state index contributed by atoms with van der Waals surface area (Å²) in [4.78, 5) is 8.67. The van der Waals surface area contributed by atoms with E-state index >= 15 is 0 Å². The molecule has 0 spiro atoms. The topological polar surface area (TPSA) is 47.0 Å². The summed E-state index contributed by atoms with van der Waals surface area (Å²) in [7, 11) is 0. The van der Waals surface area contributed by atoms with Crippen LogP contribution in [-0.4, -0.2) is 16.6 Å². The van der Waals surface area contributed by atoms with Gasteiger partial charge in [-0.2, -0.15) is 0 Å². The van der Waals surface area contributed by atoms with Gasteiger partial charge in [-0.25, -0.2) is 9.97 Å². The van der Waals surface area contributed by atoms with Crippen molar-refractivity contribution in [3.63, 3.8) is 0 Å². The number of ether oxygens (including phenoxy) is 1. The van der Waals surface area contributed by atoms with Crippen LogP contribution in [0.25, 0.3) is 10.2 Å². The maximum absolute atomic E-state index is 5.69. The van der Waals surface area contributed by atoms with Gasteiger partial charge in [0.1, 0.15) is 17.9 Å². The second kappa shape index (κ2) is 4.76. The molecule has 0 radical (unpaired) electrons. The predicted molar refractivity (Wildman–Crippen MR) is 80.3 cm³/mol. The van der Waals surface area contributed by atoms with Crippen LogP contribution in [0.15, 0.2) is 42.0 Å². The monoisotopic (exact) mass is 283 g/mol. The molecular weight excluding hydrogens is 270 g/mol. The number of anilines is 1. The van der Waals surface area contributed by atoms with Crippen molar-refractivity contribution in [3.8, 4) is 5.75 Å². The summed E-state index contributed by atoms with van der Waals surface area (Å²) < 4.78 is 6.80. The van der Waals surface area contributed by atoms with E-state index in [2.05, 4.69) is 21.4 Å². The molecule has 1 atom stereocenters. The lowest BCUT2D eigenvalue weighted by atomic mass is 10.0.